The van der Waals surface area contributed by atoms with Crippen molar-refractivity contribution in [3.8, 4) is 0 Å². The van der Waals surface area contributed by atoms with Gasteiger partial charge in [-0.05, 0) is 57.9 Å². The molecule has 0 bridgehead atoms. The number of hydrogen-bond acceptors (Lipinski definition) is 15. The molecule has 5 N–H and O–H groups in total. The van der Waals surface area contributed by atoms with E-state index in [1.165, 1.54) is 51.4 Å². The van der Waals surface area contributed by atoms with Crippen molar-refractivity contribution in [3.05, 3.63) is 12.2 Å². The molecule has 0 aromatic rings. The van der Waals surface area contributed by atoms with Crippen LogP contribution in [0, 0.1) is 0 Å². The van der Waals surface area contributed by atoms with Crippen LogP contribution >= 0.6 is 0 Å². The van der Waals surface area contributed by atoms with Gasteiger partial charge in [-0.25, -0.2) is 0 Å². The van der Waals surface area contributed by atoms with Crippen molar-refractivity contribution < 1.29 is 66.5 Å². The molecule has 396 valence electrons. The van der Waals surface area contributed by atoms with Crippen LogP contribution in [0.2, 0.25) is 0 Å². The molecule has 18 heteroatoms. The minimum atomic E-state index is -0.718. The zero-order valence-electron chi connectivity index (χ0n) is 42.0. The van der Waals surface area contributed by atoms with Crippen molar-refractivity contribution in [1.82, 2.24) is 16.0 Å². The van der Waals surface area contributed by atoms with Crippen molar-refractivity contribution in [3.63, 3.8) is 0 Å². The highest BCUT2D eigenvalue weighted by molar-refractivity contribution is 5.90. The Bertz CT molecular complexity index is 1080. The van der Waals surface area contributed by atoms with Crippen LogP contribution in [0.25, 0.3) is 0 Å². The SMILES string of the molecule is CCCCCCCC/C=C\CCCCCCCC(=O)NCC(=O)N[C@@H](CCCCN)C(=O)NCCOCCOCCOCCOCCOCCOCCOCCOCCOCCOCCOC. The number of allylic oxidation sites excluding steroid dienone is 2. The van der Waals surface area contributed by atoms with E-state index in [1.807, 2.05) is 0 Å². The molecule has 0 spiro atoms. The van der Waals surface area contributed by atoms with Crippen LogP contribution in [-0.4, -0.2) is 189 Å². The zero-order chi connectivity index (χ0) is 48.6. The predicted octanol–water partition coefficient (Wildman–Crippen LogP) is 4.68. The molecule has 0 aliphatic heterocycles. The van der Waals surface area contributed by atoms with Gasteiger partial charge in [0.25, 0.3) is 0 Å². The molecule has 0 rings (SSSR count). The minimum absolute atomic E-state index is 0.153. The Balaban J connectivity index is 3.65. The lowest BCUT2D eigenvalue weighted by Crippen LogP contribution is -2.50. The maximum Gasteiger partial charge on any atom is 0.242 e. The summed E-state index contributed by atoms with van der Waals surface area (Å²) >= 11 is 0. The molecular weight excluding hydrogens is 869 g/mol. The van der Waals surface area contributed by atoms with Gasteiger partial charge in [0, 0.05) is 20.1 Å². The van der Waals surface area contributed by atoms with Crippen LogP contribution in [0.15, 0.2) is 12.2 Å². The third-order valence-electron chi connectivity index (χ3n) is 10.0. The fourth-order valence-electron chi connectivity index (χ4n) is 6.22. The lowest BCUT2D eigenvalue weighted by atomic mass is 10.1. The number of rotatable bonds is 56. The first-order chi connectivity index (χ1) is 33.0. The van der Waals surface area contributed by atoms with Crippen molar-refractivity contribution >= 4 is 17.7 Å². The Labute approximate surface area is 404 Å². The highest BCUT2D eigenvalue weighted by Gasteiger charge is 2.20. The summed E-state index contributed by atoms with van der Waals surface area (Å²) in [6, 6.07) is -0.718. The number of carbonyl (C=O) groups excluding carboxylic acids is 3. The van der Waals surface area contributed by atoms with Crippen LogP contribution in [0.1, 0.15) is 116 Å². The largest absolute Gasteiger partial charge is 0.382 e. The molecule has 0 aromatic carbocycles. The van der Waals surface area contributed by atoms with Gasteiger partial charge >= 0.3 is 0 Å². The summed E-state index contributed by atoms with van der Waals surface area (Å²) in [5.41, 5.74) is 5.64. The van der Waals surface area contributed by atoms with E-state index in [9.17, 15) is 14.4 Å². The average molecular weight is 965 g/mol. The molecule has 18 nitrogen and oxygen atoms in total. The molecule has 0 unspecified atom stereocenters. The highest BCUT2D eigenvalue weighted by atomic mass is 16.6. The molecule has 0 aliphatic carbocycles. The smallest absolute Gasteiger partial charge is 0.242 e. The Morgan fingerprint density at radius 3 is 1.25 bits per heavy atom. The first-order valence-corrected chi connectivity index (χ1v) is 25.5. The fraction of sp³-hybridized carbons (Fsp3) is 0.898. The third-order valence-corrected chi connectivity index (χ3v) is 10.0. The van der Waals surface area contributed by atoms with Crippen molar-refractivity contribution in [2.45, 2.75) is 122 Å². The number of hydrogen-bond donors (Lipinski definition) is 4. The highest BCUT2D eigenvalue weighted by Crippen LogP contribution is 2.10. The quantitative estimate of drug-likeness (QED) is 0.0481. The summed E-state index contributed by atoms with van der Waals surface area (Å²) in [6.45, 7) is 12.9. The van der Waals surface area contributed by atoms with E-state index in [0.717, 1.165) is 38.5 Å². The molecule has 67 heavy (non-hydrogen) atoms. The molecule has 0 aromatic heterocycles. The van der Waals surface area contributed by atoms with Gasteiger partial charge in [0.2, 0.25) is 17.7 Å². The van der Waals surface area contributed by atoms with E-state index in [0.29, 0.717) is 165 Å². The first-order valence-electron chi connectivity index (χ1n) is 25.5. The standard InChI is InChI=1S/C49H96N4O14/c1-3-4-5-6-7-8-9-10-11-12-13-14-15-16-17-21-47(54)52-45-48(55)53-46(20-18-19-22-50)49(56)51-23-24-58-27-28-60-31-32-62-35-36-64-39-40-66-43-44-67-42-41-65-38-37-63-34-33-61-30-29-59-26-25-57-2/h10-11,46H,3-9,12-45,50H2,1-2H3,(H,51,56)(H,52,54)(H,53,55)/b11-10-/t46-/m0/s1. The minimum Gasteiger partial charge on any atom is -0.382 e. The Morgan fingerprint density at radius 2 is 0.836 bits per heavy atom. The monoisotopic (exact) mass is 965 g/mol. The summed E-state index contributed by atoms with van der Waals surface area (Å²) < 4.78 is 59.7. The fourth-order valence-corrected chi connectivity index (χ4v) is 6.22. The molecule has 0 heterocycles. The summed E-state index contributed by atoms with van der Waals surface area (Å²) in [5.74, 6) is -0.846. The van der Waals surface area contributed by atoms with Crippen LogP contribution in [0.4, 0.5) is 0 Å². The first kappa shape index (κ1) is 64.7. The van der Waals surface area contributed by atoms with Gasteiger partial charge in [-0.3, -0.25) is 14.4 Å². The second kappa shape index (κ2) is 56.3. The Kier molecular flexibility index (Phi) is 54.3. The molecule has 0 fully saturated rings. The van der Waals surface area contributed by atoms with Gasteiger partial charge in [0.15, 0.2) is 0 Å². The maximum atomic E-state index is 12.9. The van der Waals surface area contributed by atoms with Crippen LogP contribution in [0.5, 0.6) is 0 Å². The van der Waals surface area contributed by atoms with Crippen molar-refractivity contribution in [1.29, 1.82) is 0 Å². The molecule has 3 amide bonds. The number of amides is 3. The van der Waals surface area contributed by atoms with E-state index in [4.69, 9.17) is 57.8 Å². The van der Waals surface area contributed by atoms with Gasteiger partial charge in [-0.15, -0.1) is 0 Å². The Hall–Kier alpha value is -2.33. The van der Waals surface area contributed by atoms with Crippen LogP contribution < -0.4 is 21.7 Å². The lowest BCUT2D eigenvalue weighted by molar-refractivity contribution is -0.130. The second-order valence-electron chi connectivity index (χ2n) is 15.9. The molecule has 0 aliphatic rings. The summed E-state index contributed by atoms with van der Waals surface area (Å²) in [7, 11) is 1.64. The van der Waals surface area contributed by atoms with Crippen LogP contribution in [-0.2, 0) is 66.5 Å². The topological polar surface area (TPSA) is 215 Å². The number of nitrogens with two attached hydrogens (primary N) is 1. The second-order valence-corrected chi connectivity index (χ2v) is 15.9. The maximum absolute atomic E-state index is 12.9. The number of carbonyl (C=O) groups is 3. The number of methoxy groups -OCH3 is 1. The summed E-state index contributed by atoms with van der Waals surface area (Å²) in [5, 5.41) is 8.28. The average Bonchev–Trinajstić information content (AvgIpc) is 3.33. The molecule has 0 saturated carbocycles. The zero-order valence-corrected chi connectivity index (χ0v) is 42.0. The molecule has 0 radical (unpaired) electrons. The number of ether oxygens (including phenoxy) is 11. The van der Waals surface area contributed by atoms with E-state index >= 15 is 0 Å². The Morgan fingerprint density at radius 1 is 0.448 bits per heavy atom. The van der Waals surface area contributed by atoms with Crippen LogP contribution in [0.3, 0.4) is 0 Å². The molecule has 0 saturated heterocycles. The lowest BCUT2D eigenvalue weighted by Gasteiger charge is -2.19. The number of nitrogens with one attached hydrogen (secondary N) is 3. The van der Waals surface area contributed by atoms with E-state index in [-0.39, 0.29) is 24.9 Å². The third kappa shape index (κ3) is 52.9. The van der Waals surface area contributed by atoms with Gasteiger partial charge in [0.1, 0.15) is 6.04 Å². The van der Waals surface area contributed by atoms with E-state index in [2.05, 4.69) is 35.0 Å². The summed E-state index contributed by atoms with van der Waals surface area (Å²) in [6.07, 6.45) is 22.5. The van der Waals surface area contributed by atoms with Gasteiger partial charge in [-0.2, -0.15) is 0 Å². The number of unbranched alkanes of at least 4 members (excludes halogenated alkanes) is 12. The molecule has 1 atom stereocenters. The van der Waals surface area contributed by atoms with Crippen molar-refractivity contribution in [2.24, 2.45) is 5.73 Å². The van der Waals surface area contributed by atoms with Crippen molar-refractivity contribution in [2.75, 3.05) is 165 Å². The predicted molar refractivity (Wildman–Crippen MR) is 260 cm³/mol. The van der Waals surface area contributed by atoms with Gasteiger partial charge in [0.05, 0.1) is 145 Å². The molecular formula is C49H96N4O14. The summed E-state index contributed by atoms with van der Waals surface area (Å²) in [4.78, 5) is 37.8. The van der Waals surface area contributed by atoms with E-state index < -0.39 is 11.9 Å². The van der Waals surface area contributed by atoms with Gasteiger partial charge in [-0.1, -0.05) is 70.4 Å². The van der Waals surface area contributed by atoms with Gasteiger partial charge < -0.3 is 73.8 Å². The normalized spacial score (nSPS) is 12.0. The van der Waals surface area contributed by atoms with E-state index in [1.54, 1.807) is 7.11 Å².